The standard InChI is InChI=1S/C30H33N3O10/c31-12-4-13-32-14-5-15-33-29(43)30(27(41)18-7-2-10-21(35)25(18)39,28(42)19-8-3-11-22(36)26(19)40)16-23(37)17-6-1-9-20(34)24(17)38/h1-3,6-11,32,34-36,38-40H,4-5,12-16,31H2,(H,33,43). The SMILES string of the molecule is NCCCNCCCNC(=O)C(CC(=O)c1cccc(O)c1O)(C(=O)c1cccc(O)c1O)C(=O)c1cccc(O)c1O. The van der Waals surface area contributed by atoms with Crippen LogP contribution in [0.15, 0.2) is 54.6 Å². The zero-order valence-corrected chi connectivity index (χ0v) is 23.0. The van der Waals surface area contributed by atoms with Gasteiger partial charge in [0, 0.05) is 13.0 Å². The van der Waals surface area contributed by atoms with E-state index < -0.39 is 86.3 Å². The van der Waals surface area contributed by atoms with Crippen LogP contribution in [0.5, 0.6) is 34.5 Å². The second kappa shape index (κ2) is 14.2. The normalized spacial score (nSPS) is 11.2. The van der Waals surface area contributed by atoms with E-state index in [1.807, 2.05) is 0 Å². The number of Topliss-reactive ketones (excluding diaryl/α,β-unsaturated/α-hetero) is 3. The quantitative estimate of drug-likeness (QED) is 0.0528. The first kappa shape index (κ1) is 32.4. The molecule has 3 aromatic carbocycles. The van der Waals surface area contributed by atoms with Gasteiger partial charge in [-0.25, -0.2) is 0 Å². The molecule has 3 aromatic rings. The minimum absolute atomic E-state index is 0.0830. The molecular formula is C30H33N3O10. The molecule has 228 valence electrons. The van der Waals surface area contributed by atoms with Crippen LogP contribution in [0.1, 0.15) is 50.3 Å². The van der Waals surface area contributed by atoms with Gasteiger partial charge in [0.2, 0.25) is 5.91 Å². The molecule has 13 nitrogen and oxygen atoms in total. The second-order valence-electron chi connectivity index (χ2n) is 9.69. The van der Waals surface area contributed by atoms with E-state index in [9.17, 15) is 49.8 Å². The molecule has 0 unspecified atom stereocenters. The zero-order valence-electron chi connectivity index (χ0n) is 23.0. The summed E-state index contributed by atoms with van der Waals surface area (Å²) in [6.07, 6.45) is -0.208. The van der Waals surface area contributed by atoms with Crippen molar-refractivity contribution in [1.82, 2.24) is 10.6 Å². The monoisotopic (exact) mass is 595 g/mol. The molecule has 0 bridgehead atoms. The van der Waals surface area contributed by atoms with E-state index in [2.05, 4.69) is 10.6 Å². The molecule has 10 N–H and O–H groups in total. The Morgan fingerprint density at radius 3 is 1.56 bits per heavy atom. The third-order valence-electron chi connectivity index (χ3n) is 6.80. The maximum absolute atomic E-state index is 14.2. The van der Waals surface area contributed by atoms with Crippen LogP contribution in [-0.4, -0.2) is 80.1 Å². The van der Waals surface area contributed by atoms with Gasteiger partial charge in [-0.05, 0) is 68.9 Å². The van der Waals surface area contributed by atoms with Crippen molar-refractivity contribution < 1.29 is 49.8 Å². The molecule has 43 heavy (non-hydrogen) atoms. The van der Waals surface area contributed by atoms with Gasteiger partial charge < -0.3 is 47.0 Å². The molecule has 0 heterocycles. The fourth-order valence-corrected chi connectivity index (χ4v) is 4.45. The molecule has 0 aliphatic heterocycles. The number of nitrogens with one attached hydrogen (secondary N) is 2. The summed E-state index contributed by atoms with van der Waals surface area (Å²) in [6, 6.07) is 9.86. The number of amides is 1. The molecule has 1 amide bonds. The van der Waals surface area contributed by atoms with Crippen LogP contribution < -0.4 is 16.4 Å². The van der Waals surface area contributed by atoms with Crippen LogP contribution >= 0.6 is 0 Å². The molecule has 0 saturated carbocycles. The number of nitrogens with two attached hydrogens (primary N) is 1. The van der Waals surface area contributed by atoms with Gasteiger partial charge in [-0.15, -0.1) is 0 Å². The first-order valence-electron chi connectivity index (χ1n) is 13.3. The van der Waals surface area contributed by atoms with Gasteiger partial charge in [0.15, 0.2) is 57.3 Å². The molecule has 0 radical (unpaired) electrons. The van der Waals surface area contributed by atoms with Crippen molar-refractivity contribution >= 4 is 23.3 Å². The van der Waals surface area contributed by atoms with Crippen LogP contribution in [0.2, 0.25) is 0 Å². The van der Waals surface area contributed by atoms with Crippen molar-refractivity contribution in [1.29, 1.82) is 0 Å². The smallest absolute Gasteiger partial charge is 0.242 e. The van der Waals surface area contributed by atoms with Gasteiger partial charge in [0.1, 0.15) is 0 Å². The van der Waals surface area contributed by atoms with E-state index in [-0.39, 0.29) is 6.54 Å². The fourth-order valence-electron chi connectivity index (χ4n) is 4.45. The number of hydrogen-bond donors (Lipinski definition) is 9. The van der Waals surface area contributed by atoms with Crippen LogP contribution in [0.25, 0.3) is 0 Å². The molecule has 0 saturated heterocycles. The van der Waals surface area contributed by atoms with E-state index in [1.54, 1.807) is 0 Å². The van der Waals surface area contributed by atoms with Crippen molar-refractivity contribution in [2.75, 3.05) is 26.2 Å². The number of aromatic hydroxyl groups is 6. The highest BCUT2D eigenvalue weighted by atomic mass is 16.3. The molecule has 0 fully saturated rings. The number of hydrogen-bond acceptors (Lipinski definition) is 12. The Kier molecular flexibility index (Phi) is 10.7. The maximum Gasteiger partial charge on any atom is 0.242 e. The van der Waals surface area contributed by atoms with Gasteiger partial charge in [0.25, 0.3) is 0 Å². The summed E-state index contributed by atoms with van der Waals surface area (Å²) in [5, 5.41) is 67.1. The van der Waals surface area contributed by atoms with Crippen molar-refractivity contribution in [2.24, 2.45) is 11.1 Å². The second-order valence-corrected chi connectivity index (χ2v) is 9.69. The highest BCUT2D eigenvalue weighted by molar-refractivity contribution is 6.34. The number of rotatable bonds is 15. The largest absolute Gasteiger partial charge is 0.504 e. The van der Waals surface area contributed by atoms with E-state index in [0.717, 1.165) is 48.5 Å². The van der Waals surface area contributed by atoms with E-state index in [0.29, 0.717) is 32.5 Å². The number of benzene rings is 3. The van der Waals surface area contributed by atoms with Gasteiger partial charge in [0.05, 0.1) is 16.7 Å². The van der Waals surface area contributed by atoms with Crippen molar-refractivity contribution in [3.8, 4) is 34.5 Å². The Labute approximate surface area is 246 Å². The summed E-state index contributed by atoms with van der Waals surface area (Å²) in [4.78, 5) is 56.1. The molecule has 0 atom stereocenters. The maximum atomic E-state index is 14.2. The van der Waals surface area contributed by atoms with Crippen molar-refractivity contribution in [3.05, 3.63) is 71.3 Å². The molecular weight excluding hydrogens is 562 g/mol. The Bertz CT molecular complexity index is 1460. The Morgan fingerprint density at radius 1 is 0.628 bits per heavy atom. The van der Waals surface area contributed by atoms with Crippen LogP contribution in [0.3, 0.4) is 0 Å². The minimum atomic E-state index is -3.04. The van der Waals surface area contributed by atoms with Gasteiger partial charge in [-0.3, -0.25) is 19.2 Å². The lowest BCUT2D eigenvalue weighted by Crippen LogP contribution is -2.53. The Morgan fingerprint density at radius 2 is 1.07 bits per heavy atom. The summed E-state index contributed by atoms with van der Waals surface area (Å²) in [5.41, 5.74) is 0.505. The Hall–Kier alpha value is -5.14. The predicted molar refractivity (Wildman–Crippen MR) is 154 cm³/mol. The lowest BCUT2D eigenvalue weighted by Gasteiger charge is -2.30. The molecule has 0 spiro atoms. The van der Waals surface area contributed by atoms with E-state index in [4.69, 9.17) is 5.73 Å². The third kappa shape index (κ3) is 6.85. The number of carbonyl (C=O) groups is 4. The van der Waals surface area contributed by atoms with Gasteiger partial charge in [-0.2, -0.15) is 0 Å². The predicted octanol–water partition coefficient (Wildman–Crippen LogP) is 1.69. The minimum Gasteiger partial charge on any atom is -0.504 e. The molecule has 0 aliphatic carbocycles. The number of phenolic OH excluding ortho intramolecular Hbond substituents is 6. The lowest BCUT2D eigenvalue weighted by atomic mass is 9.69. The number of phenols is 6. The topological polar surface area (TPSA) is 240 Å². The average Bonchev–Trinajstić information content (AvgIpc) is 2.98. The van der Waals surface area contributed by atoms with Crippen LogP contribution in [0, 0.1) is 5.41 Å². The molecule has 3 rings (SSSR count). The van der Waals surface area contributed by atoms with E-state index >= 15 is 0 Å². The number of para-hydroxylation sites is 3. The van der Waals surface area contributed by atoms with Crippen LogP contribution in [-0.2, 0) is 4.79 Å². The summed E-state index contributed by atoms with van der Waals surface area (Å²) in [7, 11) is 0. The van der Waals surface area contributed by atoms with Gasteiger partial charge >= 0.3 is 0 Å². The lowest BCUT2D eigenvalue weighted by molar-refractivity contribution is -0.126. The zero-order chi connectivity index (χ0) is 31.7. The molecule has 0 aliphatic rings. The molecule has 13 heteroatoms. The van der Waals surface area contributed by atoms with Crippen molar-refractivity contribution in [2.45, 2.75) is 19.3 Å². The van der Waals surface area contributed by atoms with Gasteiger partial charge in [-0.1, -0.05) is 18.2 Å². The highest BCUT2D eigenvalue weighted by Gasteiger charge is 2.55. The summed E-state index contributed by atoms with van der Waals surface area (Å²) < 4.78 is 0. The van der Waals surface area contributed by atoms with Crippen molar-refractivity contribution in [3.63, 3.8) is 0 Å². The summed E-state index contributed by atoms with van der Waals surface area (Å²) >= 11 is 0. The fraction of sp³-hybridized carbons (Fsp3) is 0.267. The number of ketones is 3. The first-order valence-corrected chi connectivity index (χ1v) is 13.3. The van der Waals surface area contributed by atoms with E-state index in [1.165, 1.54) is 6.07 Å². The first-order chi connectivity index (χ1) is 20.5. The highest BCUT2D eigenvalue weighted by Crippen LogP contribution is 2.42. The van der Waals surface area contributed by atoms with Crippen LogP contribution in [0.4, 0.5) is 0 Å². The third-order valence-corrected chi connectivity index (χ3v) is 6.80. The summed E-state index contributed by atoms with van der Waals surface area (Å²) in [6.45, 7) is 1.43. The Balaban J connectivity index is 2.19. The summed E-state index contributed by atoms with van der Waals surface area (Å²) in [5.74, 6) is -10.3. The number of carbonyl (C=O) groups excluding carboxylic acids is 4. The molecule has 0 aromatic heterocycles. The average molecular weight is 596 g/mol.